The number of carbonyl (C=O) groups excluding carboxylic acids is 3. The van der Waals surface area contributed by atoms with E-state index in [-0.39, 0.29) is 12.6 Å². The fourth-order valence-electron chi connectivity index (χ4n) is 1.90. The molecule has 22 heavy (non-hydrogen) atoms. The number of amides is 3. The van der Waals surface area contributed by atoms with Crippen LogP contribution in [-0.2, 0) is 9.53 Å². The maximum absolute atomic E-state index is 11.7. The van der Waals surface area contributed by atoms with Gasteiger partial charge in [0.1, 0.15) is 0 Å². The minimum absolute atomic E-state index is 0.0313. The maximum atomic E-state index is 11.7. The molecular weight excluding hydrogens is 286 g/mol. The molecule has 0 radical (unpaired) electrons. The van der Waals surface area contributed by atoms with Crippen LogP contribution in [0, 0.1) is 6.92 Å². The Morgan fingerprint density at radius 1 is 1.27 bits per heavy atom. The highest BCUT2D eigenvalue weighted by molar-refractivity contribution is 5.96. The van der Waals surface area contributed by atoms with E-state index in [1.54, 1.807) is 18.2 Å². The van der Waals surface area contributed by atoms with E-state index in [1.807, 2.05) is 6.92 Å². The van der Waals surface area contributed by atoms with Crippen LogP contribution in [-0.4, -0.2) is 37.6 Å². The number of methoxy groups -OCH3 is 1. The number of rotatable bonds is 5. The quantitative estimate of drug-likeness (QED) is 0.710. The molecule has 2 rings (SSSR count). The van der Waals surface area contributed by atoms with Gasteiger partial charge in [-0.25, -0.2) is 9.59 Å². The van der Waals surface area contributed by atoms with Crippen LogP contribution in [0.4, 0.5) is 10.5 Å². The van der Waals surface area contributed by atoms with Gasteiger partial charge in [0.15, 0.2) is 0 Å². The molecule has 0 aromatic heterocycles. The molecule has 0 atom stereocenters. The zero-order valence-electron chi connectivity index (χ0n) is 12.6. The van der Waals surface area contributed by atoms with Gasteiger partial charge in [-0.3, -0.25) is 10.1 Å². The Balaban J connectivity index is 1.83. The molecular formula is C15H19N3O4. The Morgan fingerprint density at radius 2 is 2.00 bits per heavy atom. The highest BCUT2D eigenvalue weighted by atomic mass is 16.5. The Labute approximate surface area is 128 Å². The number of hydrogen-bond acceptors (Lipinski definition) is 5. The first kappa shape index (κ1) is 15.8. The second kappa shape index (κ2) is 6.93. The van der Waals surface area contributed by atoms with Crippen LogP contribution in [0.1, 0.15) is 28.8 Å². The van der Waals surface area contributed by atoms with Crippen molar-refractivity contribution in [2.24, 2.45) is 0 Å². The van der Waals surface area contributed by atoms with Crippen LogP contribution in [0.5, 0.6) is 0 Å². The maximum Gasteiger partial charge on any atom is 0.337 e. The second-order valence-electron chi connectivity index (χ2n) is 5.17. The number of ether oxygens (including phenoxy) is 1. The number of benzene rings is 1. The zero-order chi connectivity index (χ0) is 16.1. The summed E-state index contributed by atoms with van der Waals surface area (Å²) in [6.45, 7) is 1.78. The van der Waals surface area contributed by atoms with Gasteiger partial charge in [-0.2, -0.15) is 0 Å². The Hall–Kier alpha value is -2.57. The molecule has 7 heteroatoms. The highest BCUT2D eigenvalue weighted by Crippen LogP contribution is 2.18. The molecule has 0 bridgehead atoms. The van der Waals surface area contributed by atoms with Crippen LogP contribution in [0.3, 0.4) is 0 Å². The van der Waals surface area contributed by atoms with Gasteiger partial charge in [0, 0.05) is 11.7 Å². The summed E-state index contributed by atoms with van der Waals surface area (Å²) in [5, 5.41) is 7.85. The van der Waals surface area contributed by atoms with Crippen molar-refractivity contribution in [1.82, 2.24) is 10.6 Å². The van der Waals surface area contributed by atoms with Gasteiger partial charge >= 0.3 is 12.0 Å². The summed E-state index contributed by atoms with van der Waals surface area (Å²) in [5.74, 6) is -0.835. The summed E-state index contributed by atoms with van der Waals surface area (Å²) in [7, 11) is 1.32. The number of nitrogens with one attached hydrogen (secondary N) is 3. The van der Waals surface area contributed by atoms with Crippen molar-refractivity contribution in [1.29, 1.82) is 0 Å². The van der Waals surface area contributed by atoms with Crippen molar-refractivity contribution in [3.63, 3.8) is 0 Å². The lowest BCUT2D eigenvalue weighted by molar-refractivity contribution is -0.118. The van der Waals surface area contributed by atoms with Crippen LogP contribution in [0.25, 0.3) is 0 Å². The van der Waals surface area contributed by atoms with E-state index < -0.39 is 17.9 Å². The summed E-state index contributed by atoms with van der Waals surface area (Å²) >= 11 is 0. The summed E-state index contributed by atoms with van der Waals surface area (Å²) in [5.41, 5.74) is 1.96. The average Bonchev–Trinajstić information content (AvgIpc) is 3.28. The monoisotopic (exact) mass is 305 g/mol. The fraction of sp³-hybridized carbons (Fsp3) is 0.400. The standard InChI is InChI=1S/C15H19N3O4/c1-9-7-10(14(20)22-2)3-6-12(9)16-8-13(19)18-15(21)17-11-4-5-11/h3,6-7,11,16H,4-5,8H2,1-2H3,(H2,17,18,19,21). The molecule has 1 aliphatic rings. The molecule has 1 aromatic rings. The minimum Gasteiger partial charge on any atom is -0.465 e. The zero-order valence-corrected chi connectivity index (χ0v) is 12.6. The largest absolute Gasteiger partial charge is 0.465 e. The number of imide groups is 1. The molecule has 3 N–H and O–H groups in total. The summed E-state index contributed by atoms with van der Waals surface area (Å²) in [6.07, 6.45) is 1.93. The van der Waals surface area contributed by atoms with E-state index in [4.69, 9.17) is 0 Å². The normalized spacial score (nSPS) is 13.2. The first-order chi connectivity index (χ1) is 10.5. The van der Waals surface area contributed by atoms with Crippen molar-refractivity contribution < 1.29 is 19.1 Å². The fourth-order valence-corrected chi connectivity index (χ4v) is 1.90. The smallest absolute Gasteiger partial charge is 0.337 e. The lowest BCUT2D eigenvalue weighted by Gasteiger charge is -2.11. The Morgan fingerprint density at radius 3 is 2.59 bits per heavy atom. The lowest BCUT2D eigenvalue weighted by Crippen LogP contribution is -2.42. The summed E-state index contributed by atoms with van der Waals surface area (Å²) in [4.78, 5) is 34.5. The number of anilines is 1. The number of hydrogen-bond donors (Lipinski definition) is 3. The van der Waals surface area contributed by atoms with Crippen molar-refractivity contribution in [2.75, 3.05) is 19.0 Å². The topological polar surface area (TPSA) is 96.5 Å². The third-order valence-electron chi connectivity index (χ3n) is 3.25. The van der Waals surface area contributed by atoms with Crippen molar-refractivity contribution >= 4 is 23.6 Å². The number of esters is 1. The molecule has 0 heterocycles. The molecule has 0 unspecified atom stereocenters. The molecule has 0 spiro atoms. The van der Waals surface area contributed by atoms with Crippen LogP contribution in [0.2, 0.25) is 0 Å². The molecule has 1 aliphatic carbocycles. The van der Waals surface area contributed by atoms with Crippen LogP contribution in [0.15, 0.2) is 18.2 Å². The molecule has 118 valence electrons. The van der Waals surface area contributed by atoms with Crippen molar-refractivity contribution in [2.45, 2.75) is 25.8 Å². The van der Waals surface area contributed by atoms with Crippen molar-refractivity contribution in [3.05, 3.63) is 29.3 Å². The number of aryl methyl sites for hydroxylation is 1. The van der Waals surface area contributed by atoms with Gasteiger partial charge in [-0.05, 0) is 43.5 Å². The average molecular weight is 305 g/mol. The molecule has 0 aliphatic heterocycles. The van der Waals surface area contributed by atoms with Gasteiger partial charge in [0.25, 0.3) is 0 Å². The highest BCUT2D eigenvalue weighted by Gasteiger charge is 2.23. The second-order valence-corrected chi connectivity index (χ2v) is 5.17. The van der Waals surface area contributed by atoms with Gasteiger partial charge < -0.3 is 15.4 Å². The number of carbonyl (C=O) groups is 3. The third-order valence-corrected chi connectivity index (χ3v) is 3.25. The van der Waals surface area contributed by atoms with Gasteiger partial charge in [0.2, 0.25) is 5.91 Å². The molecule has 7 nitrogen and oxygen atoms in total. The Bertz CT molecular complexity index is 596. The van der Waals surface area contributed by atoms with E-state index in [1.165, 1.54) is 7.11 Å². The molecule has 0 saturated heterocycles. The van der Waals surface area contributed by atoms with E-state index in [0.717, 1.165) is 18.4 Å². The molecule has 1 fully saturated rings. The predicted octanol–water partition coefficient (Wildman–Crippen LogP) is 1.18. The van der Waals surface area contributed by atoms with E-state index in [0.29, 0.717) is 11.3 Å². The summed E-state index contributed by atoms with van der Waals surface area (Å²) in [6, 6.07) is 4.71. The Kier molecular flexibility index (Phi) is 4.98. The number of urea groups is 1. The van der Waals surface area contributed by atoms with Crippen LogP contribution >= 0.6 is 0 Å². The van der Waals surface area contributed by atoms with Crippen LogP contribution < -0.4 is 16.0 Å². The first-order valence-corrected chi connectivity index (χ1v) is 7.03. The lowest BCUT2D eigenvalue weighted by atomic mass is 10.1. The van der Waals surface area contributed by atoms with Crippen molar-refractivity contribution in [3.8, 4) is 0 Å². The summed E-state index contributed by atoms with van der Waals surface area (Å²) < 4.78 is 4.64. The minimum atomic E-state index is -0.466. The van der Waals surface area contributed by atoms with E-state index in [9.17, 15) is 14.4 Å². The molecule has 1 saturated carbocycles. The predicted molar refractivity (Wildman–Crippen MR) is 80.7 cm³/mol. The van der Waals surface area contributed by atoms with Gasteiger partial charge in [0.05, 0.1) is 19.2 Å². The van der Waals surface area contributed by atoms with E-state index >= 15 is 0 Å². The molecule has 3 amide bonds. The molecule has 1 aromatic carbocycles. The van der Waals surface area contributed by atoms with E-state index in [2.05, 4.69) is 20.7 Å². The van der Waals surface area contributed by atoms with Gasteiger partial charge in [-0.1, -0.05) is 0 Å². The first-order valence-electron chi connectivity index (χ1n) is 7.03. The SMILES string of the molecule is COC(=O)c1ccc(NCC(=O)NC(=O)NC2CC2)c(C)c1. The third kappa shape index (κ3) is 4.47. The van der Waals surface area contributed by atoms with Gasteiger partial charge in [-0.15, -0.1) is 0 Å².